The van der Waals surface area contributed by atoms with Crippen LogP contribution >= 0.6 is 23.5 Å². The first-order chi connectivity index (χ1) is 17.9. The van der Waals surface area contributed by atoms with Gasteiger partial charge in [0, 0.05) is 11.4 Å². The van der Waals surface area contributed by atoms with Crippen molar-refractivity contribution in [1.82, 2.24) is 0 Å². The molecule has 0 spiro atoms. The van der Waals surface area contributed by atoms with E-state index >= 15 is 0 Å². The largest absolute Gasteiger partial charge is 0.420 e. The van der Waals surface area contributed by atoms with E-state index in [1.165, 1.54) is 49.2 Å². The zero-order chi connectivity index (χ0) is 25.4. The van der Waals surface area contributed by atoms with Crippen LogP contribution in [0, 0.1) is 0 Å². The fourth-order valence-corrected chi connectivity index (χ4v) is 9.57. The van der Waals surface area contributed by atoms with Crippen LogP contribution in [0.1, 0.15) is 27.7 Å². The molecule has 0 N–H and O–H groups in total. The molecule has 0 aromatic heterocycles. The van der Waals surface area contributed by atoms with Crippen LogP contribution in [0.2, 0.25) is 0 Å². The van der Waals surface area contributed by atoms with Crippen LogP contribution < -0.4 is 15.1 Å². The van der Waals surface area contributed by atoms with E-state index in [9.17, 15) is 0 Å². The molecule has 3 heterocycles. The number of nitrogens with zero attached hydrogens (tertiary/aromatic N) is 2. The fourth-order valence-electron chi connectivity index (χ4n) is 6.54. The van der Waals surface area contributed by atoms with Gasteiger partial charge in [-0.25, -0.2) is 0 Å². The molecule has 182 valence electrons. The number of rotatable bonds is 3. The van der Waals surface area contributed by atoms with Gasteiger partial charge in [-0.05, 0) is 90.5 Å². The number of thioether (sulfide) groups is 2. The van der Waals surface area contributed by atoms with E-state index in [2.05, 4.69) is 140 Å². The molecule has 2 atom stereocenters. The van der Waals surface area contributed by atoms with E-state index < -0.39 is 0 Å². The van der Waals surface area contributed by atoms with Crippen molar-refractivity contribution in [2.24, 2.45) is 0 Å². The predicted octanol–water partition coefficient (Wildman–Crippen LogP) is 7.75. The summed E-state index contributed by atoms with van der Waals surface area (Å²) in [6, 6.07) is 32.9. The summed E-state index contributed by atoms with van der Waals surface area (Å²) in [7, 11) is 0. The summed E-state index contributed by atoms with van der Waals surface area (Å²) >= 11 is 4.08. The van der Waals surface area contributed by atoms with Crippen molar-refractivity contribution in [1.29, 1.82) is 0 Å². The third kappa shape index (κ3) is 3.17. The smallest absolute Gasteiger partial charge is 0.360 e. The van der Waals surface area contributed by atoms with Crippen molar-refractivity contribution in [2.75, 3.05) is 9.62 Å². The van der Waals surface area contributed by atoms with Gasteiger partial charge in [0.1, 0.15) is 0 Å². The van der Waals surface area contributed by atoms with Crippen LogP contribution in [0.15, 0.2) is 135 Å². The van der Waals surface area contributed by atoms with Gasteiger partial charge in [-0.2, -0.15) is 0 Å². The van der Waals surface area contributed by atoms with Gasteiger partial charge in [-0.1, -0.05) is 66.7 Å². The molecular weight excluding hydrogens is 487 g/mol. The lowest BCUT2D eigenvalue weighted by atomic mass is 9.64. The van der Waals surface area contributed by atoms with Gasteiger partial charge >= 0.3 is 6.98 Å². The molecule has 1 fully saturated rings. The Bertz CT molecular complexity index is 1430. The molecule has 0 saturated carbocycles. The van der Waals surface area contributed by atoms with Gasteiger partial charge in [0.15, 0.2) is 0 Å². The van der Waals surface area contributed by atoms with E-state index in [0.717, 1.165) is 0 Å². The Morgan fingerprint density at radius 3 is 1.35 bits per heavy atom. The van der Waals surface area contributed by atoms with Crippen LogP contribution in [-0.2, 0) is 0 Å². The molecule has 2 nitrogen and oxygen atoms in total. The Labute approximate surface area is 229 Å². The Morgan fingerprint density at radius 1 is 0.568 bits per heavy atom. The molecule has 7 rings (SSSR count). The molecule has 3 aliphatic heterocycles. The molecule has 3 aromatic rings. The van der Waals surface area contributed by atoms with Gasteiger partial charge in [-0.15, -0.1) is 23.5 Å². The van der Waals surface area contributed by atoms with Gasteiger partial charge in [0.2, 0.25) is 0 Å². The summed E-state index contributed by atoms with van der Waals surface area (Å²) in [4.78, 5) is 7.97. The average Bonchev–Trinajstić information content (AvgIpc) is 3.54. The Kier molecular flexibility index (Phi) is 5.15. The van der Waals surface area contributed by atoms with Crippen molar-refractivity contribution in [2.45, 2.75) is 37.2 Å². The second-order valence-corrected chi connectivity index (χ2v) is 13.8. The number of hydrogen-bond donors (Lipinski definition) is 0. The lowest BCUT2D eigenvalue weighted by molar-refractivity contribution is 0.607. The lowest BCUT2D eigenvalue weighted by Crippen LogP contribution is -2.53. The highest BCUT2D eigenvalue weighted by Crippen LogP contribution is 2.68. The van der Waals surface area contributed by atoms with E-state index in [1.54, 1.807) is 0 Å². The monoisotopic (exact) mass is 516 g/mol. The molecule has 2 unspecified atom stereocenters. The highest BCUT2D eigenvalue weighted by atomic mass is 32.2. The Balaban J connectivity index is 1.63. The molecule has 1 aliphatic carbocycles. The molecule has 3 aromatic carbocycles. The minimum atomic E-state index is -0.0643. The topological polar surface area (TPSA) is 6.48 Å². The molecule has 37 heavy (non-hydrogen) atoms. The number of benzene rings is 3. The minimum absolute atomic E-state index is 0.00112. The zero-order valence-electron chi connectivity index (χ0n) is 21.6. The molecule has 0 amide bonds. The number of fused-ring (bicyclic) bond motifs is 4. The normalized spacial score (nSPS) is 26.3. The summed E-state index contributed by atoms with van der Waals surface area (Å²) in [5, 5.41) is 0. The maximum absolute atomic E-state index is 2.60. The van der Waals surface area contributed by atoms with Crippen molar-refractivity contribution in [3.05, 3.63) is 135 Å². The van der Waals surface area contributed by atoms with E-state index in [1.807, 2.05) is 23.5 Å². The third-order valence-electron chi connectivity index (χ3n) is 8.24. The van der Waals surface area contributed by atoms with Crippen LogP contribution in [0.4, 0.5) is 11.4 Å². The molecule has 1 saturated heterocycles. The first-order valence-corrected chi connectivity index (χ1v) is 14.5. The van der Waals surface area contributed by atoms with Gasteiger partial charge < -0.3 is 9.62 Å². The SMILES string of the molecule is CC1=CC2=C3C(=C4C=C(C)SC4(C)C2(C)S1)N(c1ccccc1)B(c1ccccc1)N3c1ccccc1. The average molecular weight is 517 g/mol. The highest BCUT2D eigenvalue weighted by Gasteiger charge is 2.62. The van der Waals surface area contributed by atoms with Gasteiger partial charge in [-0.3, -0.25) is 0 Å². The summed E-state index contributed by atoms with van der Waals surface area (Å²) < 4.78 is -0.129. The zero-order valence-corrected chi connectivity index (χ0v) is 23.2. The molecule has 0 radical (unpaired) electrons. The molecule has 4 aliphatic rings. The summed E-state index contributed by atoms with van der Waals surface area (Å²) in [5.74, 6) is 0. The first kappa shape index (κ1) is 23.1. The van der Waals surface area contributed by atoms with Gasteiger partial charge in [0.05, 0.1) is 20.9 Å². The first-order valence-electron chi connectivity index (χ1n) is 12.9. The number of allylic oxidation sites excluding steroid dienone is 4. The van der Waals surface area contributed by atoms with Crippen LogP contribution in [-0.4, -0.2) is 16.5 Å². The number of hydrogen-bond acceptors (Lipinski definition) is 4. The second-order valence-electron chi connectivity index (χ2n) is 10.5. The number of anilines is 2. The molecule has 0 bridgehead atoms. The quantitative estimate of drug-likeness (QED) is 0.328. The fraction of sp³-hybridized carbons (Fsp3) is 0.188. The number of para-hydroxylation sites is 2. The second kappa shape index (κ2) is 8.24. The third-order valence-corrected chi connectivity index (χ3v) is 11.3. The predicted molar refractivity (Wildman–Crippen MR) is 163 cm³/mol. The summed E-state index contributed by atoms with van der Waals surface area (Å²) in [5.41, 5.74) is 9.29. The van der Waals surface area contributed by atoms with Crippen LogP contribution in [0.25, 0.3) is 0 Å². The minimum Gasteiger partial charge on any atom is -0.360 e. The van der Waals surface area contributed by atoms with E-state index in [-0.39, 0.29) is 16.5 Å². The Hall–Kier alpha value is -3.02. The van der Waals surface area contributed by atoms with E-state index in [4.69, 9.17) is 0 Å². The maximum Gasteiger partial charge on any atom is 0.420 e. The van der Waals surface area contributed by atoms with Crippen LogP contribution in [0.5, 0.6) is 0 Å². The standard InChI is InChI=1S/C32H29BN2S2/c1-22-20-27-29-30(28-21-23(2)37-32(28,4)31(27,3)36-22)35(26-18-12-7-13-19-26)33(24-14-8-5-9-15-24)34(29)25-16-10-6-11-17-25/h5-21H,1-4H3. The van der Waals surface area contributed by atoms with Crippen molar-refractivity contribution in [3.8, 4) is 0 Å². The Morgan fingerprint density at radius 2 is 0.946 bits per heavy atom. The van der Waals surface area contributed by atoms with Gasteiger partial charge in [0.25, 0.3) is 0 Å². The highest BCUT2D eigenvalue weighted by molar-refractivity contribution is 8.09. The van der Waals surface area contributed by atoms with Crippen molar-refractivity contribution < 1.29 is 0 Å². The summed E-state index contributed by atoms with van der Waals surface area (Å²) in [6.07, 6.45) is 4.92. The van der Waals surface area contributed by atoms with E-state index in [0.29, 0.717) is 0 Å². The maximum atomic E-state index is 2.60. The van der Waals surface area contributed by atoms with Crippen molar-refractivity contribution in [3.63, 3.8) is 0 Å². The lowest BCUT2D eigenvalue weighted by Gasteiger charge is -2.47. The molecular formula is C32H29BN2S2. The summed E-state index contributed by atoms with van der Waals surface area (Å²) in [6.45, 7) is 9.48. The molecule has 5 heteroatoms. The van der Waals surface area contributed by atoms with Crippen molar-refractivity contribution >= 4 is 47.3 Å². The van der Waals surface area contributed by atoms with Crippen LogP contribution in [0.3, 0.4) is 0 Å².